The van der Waals surface area contributed by atoms with Crippen LogP contribution in [-0.4, -0.2) is 25.4 Å². The van der Waals surface area contributed by atoms with Crippen LogP contribution in [0.4, 0.5) is 0 Å². The third kappa shape index (κ3) is 4.97. The van der Waals surface area contributed by atoms with E-state index in [0.29, 0.717) is 28.5 Å². The predicted octanol–water partition coefficient (Wildman–Crippen LogP) is 4.46. The average Bonchev–Trinajstić information content (AvgIpc) is 3.08. The van der Waals surface area contributed by atoms with Crippen molar-refractivity contribution in [3.63, 3.8) is 0 Å². The van der Waals surface area contributed by atoms with Crippen molar-refractivity contribution in [1.82, 2.24) is 10.3 Å². The molecule has 6 nitrogen and oxygen atoms in total. The van der Waals surface area contributed by atoms with Crippen molar-refractivity contribution in [3.8, 4) is 11.5 Å². The number of nitrogens with zero attached hydrogens (tertiary/aromatic N) is 1. The van der Waals surface area contributed by atoms with Gasteiger partial charge in [-0.25, -0.2) is 13.4 Å². The topological polar surface area (TPSA) is 89.3 Å². The van der Waals surface area contributed by atoms with Crippen LogP contribution in [0.3, 0.4) is 0 Å². The summed E-state index contributed by atoms with van der Waals surface area (Å²) in [7, 11) is -3.53. The van der Waals surface area contributed by atoms with Crippen LogP contribution in [0.25, 0.3) is 11.5 Å². The molecule has 0 aliphatic carbocycles. The van der Waals surface area contributed by atoms with Gasteiger partial charge in [0.1, 0.15) is 11.5 Å². The first kappa shape index (κ1) is 21.8. The number of aryl methyl sites for hydroxylation is 2. The fourth-order valence-electron chi connectivity index (χ4n) is 2.87. The van der Waals surface area contributed by atoms with E-state index in [4.69, 9.17) is 4.42 Å². The number of rotatable bonds is 7. The number of hydrogen-bond acceptors (Lipinski definition) is 5. The first-order chi connectivity index (χ1) is 14.2. The van der Waals surface area contributed by atoms with E-state index in [9.17, 15) is 13.2 Å². The number of carbonyl (C=O) groups is 1. The van der Waals surface area contributed by atoms with E-state index in [0.717, 1.165) is 12.0 Å². The lowest BCUT2D eigenvalue weighted by Gasteiger charge is -2.11. The molecule has 2 aromatic carbocycles. The summed E-state index contributed by atoms with van der Waals surface area (Å²) in [5.74, 6) is 0.417. The Labute approximate surface area is 177 Å². The fraction of sp³-hybridized carbons (Fsp3) is 0.304. The van der Waals surface area contributed by atoms with E-state index in [2.05, 4.69) is 10.3 Å². The Hall–Kier alpha value is -2.93. The van der Waals surface area contributed by atoms with E-state index in [1.54, 1.807) is 55.5 Å². The van der Waals surface area contributed by atoms with E-state index in [-0.39, 0.29) is 22.6 Å². The van der Waals surface area contributed by atoms with Crippen LogP contribution in [0, 0.1) is 13.8 Å². The minimum absolute atomic E-state index is 0.101. The molecule has 0 bridgehead atoms. The number of hydrogen-bond donors (Lipinski definition) is 1. The Morgan fingerprint density at radius 3 is 2.30 bits per heavy atom. The number of aromatic nitrogens is 1. The molecule has 1 N–H and O–H groups in total. The first-order valence-electron chi connectivity index (χ1n) is 9.86. The Kier molecular flexibility index (Phi) is 6.41. The first-order valence-corrected chi connectivity index (χ1v) is 11.5. The Morgan fingerprint density at radius 1 is 1.07 bits per heavy atom. The van der Waals surface area contributed by atoms with Crippen molar-refractivity contribution in [2.45, 2.75) is 50.8 Å². The molecule has 0 fully saturated rings. The zero-order valence-electron chi connectivity index (χ0n) is 17.6. The van der Waals surface area contributed by atoms with Crippen molar-refractivity contribution in [1.29, 1.82) is 0 Å². The number of nitrogens with one attached hydrogen (secondary N) is 1. The second-order valence-corrected chi connectivity index (χ2v) is 9.44. The smallest absolute Gasteiger partial charge is 0.251 e. The van der Waals surface area contributed by atoms with Crippen molar-refractivity contribution in [2.24, 2.45) is 0 Å². The van der Waals surface area contributed by atoms with Gasteiger partial charge in [0.2, 0.25) is 5.89 Å². The van der Waals surface area contributed by atoms with Gasteiger partial charge in [0.25, 0.3) is 5.91 Å². The summed E-state index contributed by atoms with van der Waals surface area (Å²) in [4.78, 5) is 16.9. The summed E-state index contributed by atoms with van der Waals surface area (Å²) in [5.41, 5.74) is 2.60. The molecule has 3 rings (SSSR count). The van der Waals surface area contributed by atoms with Crippen molar-refractivity contribution in [3.05, 3.63) is 71.1 Å². The summed E-state index contributed by atoms with van der Waals surface area (Å²) in [6.45, 7) is 7.57. The van der Waals surface area contributed by atoms with E-state index in [1.165, 1.54) is 0 Å². The molecule has 1 amide bonds. The summed E-state index contributed by atoms with van der Waals surface area (Å²) in [6.07, 6.45) is 0.855. The number of oxazole rings is 1. The van der Waals surface area contributed by atoms with Crippen molar-refractivity contribution in [2.75, 3.05) is 0 Å². The maximum absolute atomic E-state index is 12.7. The molecule has 0 aliphatic heterocycles. The third-order valence-corrected chi connectivity index (χ3v) is 6.63. The van der Waals surface area contributed by atoms with Crippen LogP contribution in [-0.2, 0) is 15.6 Å². The molecule has 1 aromatic heterocycles. The van der Waals surface area contributed by atoms with Gasteiger partial charge < -0.3 is 9.73 Å². The maximum Gasteiger partial charge on any atom is 0.251 e. The molecule has 30 heavy (non-hydrogen) atoms. The lowest BCUT2D eigenvalue weighted by Crippen LogP contribution is -2.31. The SMILES string of the molecule is CCC(C)NC(=O)c1ccc(-c2nc(CS(=O)(=O)c3ccc(C)cc3)c(C)o2)cc1. The molecule has 0 spiro atoms. The zero-order chi connectivity index (χ0) is 21.9. The molecule has 1 atom stereocenters. The Morgan fingerprint density at radius 2 is 1.70 bits per heavy atom. The van der Waals surface area contributed by atoms with Gasteiger partial charge in [-0.15, -0.1) is 0 Å². The van der Waals surface area contributed by atoms with Gasteiger partial charge in [0.05, 0.1) is 10.6 Å². The van der Waals surface area contributed by atoms with Crippen LogP contribution < -0.4 is 5.32 Å². The second-order valence-electron chi connectivity index (χ2n) is 7.45. The monoisotopic (exact) mass is 426 g/mol. The minimum Gasteiger partial charge on any atom is -0.441 e. The molecular formula is C23H26N2O4S. The summed E-state index contributed by atoms with van der Waals surface area (Å²) < 4.78 is 31.1. The molecule has 0 aliphatic rings. The van der Waals surface area contributed by atoms with Crippen molar-refractivity contribution < 1.29 is 17.6 Å². The van der Waals surface area contributed by atoms with Gasteiger partial charge in [-0.05, 0) is 63.6 Å². The van der Waals surface area contributed by atoms with E-state index >= 15 is 0 Å². The molecule has 1 unspecified atom stereocenters. The molecule has 1 heterocycles. The van der Waals surface area contributed by atoms with Gasteiger partial charge in [0.15, 0.2) is 9.84 Å². The van der Waals surface area contributed by atoms with Gasteiger partial charge in [-0.2, -0.15) is 0 Å². The summed E-state index contributed by atoms with van der Waals surface area (Å²) in [6, 6.07) is 13.7. The van der Waals surface area contributed by atoms with Crippen LogP contribution in [0.5, 0.6) is 0 Å². The van der Waals surface area contributed by atoms with Gasteiger partial charge >= 0.3 is 0 Å². The van der Waals surface area contributed by atoms with Crippen LogP contribution in [0.15, 0.2) is 57.8 Å². The molecule has 3 aromatic rings. The molecule has 158 valence electrons. The zero-order valence-corrected chi connectivity index (χ0v) is 18.4. The number of sulfone groups is 1. The van der Waals surface area contributed by atoms with E-state index < -0.39 is 9.84 Å². The highest BCUT2D eigenvalue weighted by atomic mass is 32.2. The predicted molar refractivity (Wildman–Crippen MR) is 116 cm³/mol. The van der Waals surface area contributed by atoms with E-state index in [1.807, 2.05) is 20.8 Å². The molecule has 7 heteroatoms. The highest BCUT2D eigenvalue weighted by Crippen LogP contribution is 2.25. The Balaban J connectivity index is 1.79. The van der Waals surface area contributed by atoms with Gasteiger partial charge in [-0.3, -0.25) is 4.79 Å². The largest absolute Gasteiger partial charge is 0.441 e. The highest BCUT2D eigenvalue weighted by molar-refractivity contribution is 7.90. The van der Waals surface area contributed by atoms with Crippen molar-refractivity contribution >= 4 is 15.7 Å². The molecule has 0 saturated heterocycles. The second kappa shape index (κ2) is 8.83. The number of amides is 1. The number of carbonyl (C=O) groups excluding carboxylic acids is 1. The van der Waals surface area contributed by atoms with Crippen LogP contribution in [0.2, 0.25) is 0 Å². The third-order valence-electron chi connectivity index (χ3n) is 4.98. The lowest BCUT2D eigenvalue weighted by molar-refractivity contribution is 0.0939. The average molecular weight is 427 g/mol. The van der Waals surface area contributed by atoms with Crippen LogP contribution in [0.1, 0.15) is 47.6 Å². The molecular weight excluding hydrogens is 400 g/mol. The van der Waals surface area contributed by atoms with Gasteiger partial charge in [-0.1, -0.05) is 24.6 Å². The molecule has 0 saturated carbocycles. The standard InChI is InChI=1S/C23H26N2O4S/c1-5-16(3)24-22(26)18-8-10-19(11-9-18)23-25-21(17(4)29-23)14-30(27,28)20-12-6-15(2)7-13-20/h6-13,16H,5,14H2,1-4H3,(H,24,26). The summed E-state index contributed by atoms with van der Waals surface area (Å²) in [5, 5.41) is 2.92. The number of benzene rings is 2. The van der Waals surface area contributed by atoms with Gasteiger partial charge in [0, 0.05) is 17.2 Å². The minimum atomic E-state index is -3.53. The molecule has 0 radical (unpaired) electrons. The maximum atomic E-state index is 12.7. The lowest BCUT2D eigenvalue weighted by atomic mass is 10.1. The fourth-order valence-corrected chi connectivity index (χ4v) is 4.21. The Bertz CT molecular complexity index is 1130. The normalized spacial score (nSPS) is 12.5. The highest BCUT2D eigenvalue weighted by Gasteiger charge is 2.21. The van der Waals surface area contributed by atoms with Crippen LogP contribution >= 0.6 is 0 Å². The quantitative estimate of drug-likeness (QED) is 0.602. The summed E-state index contributed by atoms with van der Waals surface area (Å²) >= 11 is 0.